The van der Waals surface area contributed by atoms with E-state index in [2.05, 4.69) is 29.5 Å². The minimum Gasteiger partial charge on any atom is -0.356 e. The Hall–Kier alpha value is -3.34. The third kappa shape index (κ3) is 4.51. The Balaban J connectivity index is 1.13. The molecule has 4 amide bonds. The number of likely N-dealkylation sites (tertiary alicyclic amines) is 2. The van der Waals surface area contributed by atoms with Crippen molar-refractivity contribution in [2.24, 2.45) is 29.1 Å². The average Bonchev–Trinajstić information content (AvgIpc) is 3.55. The van der Waals surface area contributed by atoms with Crippen LogP contribution in [0.5, 0.6) is 0 Å². The third-order valence-electron chi connectivity index (χ3n) is 10.6. The molecule has 1 aromatic carbocycles. The van der Waals surface area contributed by atoms with Crippen molar-refractivity contribution in [3.8, 4) is 0 Å². The Labute approximate surface area is 248 Å². The first-order chi connectivity index (χ1) is 20.1. The number of aromatic nitrogens is 1. The van der Waals surface area contributed by atoms with Gasteiger partial charge in [-0.15, -0.1) is 11.3 Å². The number of nitrogens with zero attached hydrogens (tertiary/aromatic N) is 3. The first-order valence-corrected chi connectivity index (χ1v) is 16.0. The number of piperidine rings is 1. The number of carbonyl (C=O) groups is 5. The molecule has 10 nitrogen and oxygen atoms in total. The van der Waals surface area contributed by atoms with Gasteiger partial charge in [0.2, 0.25) is 29.4 Å². The van der Waals surface area contributed by atoms with Crippen molar-refractivity contribution in [3.63, 3.8) is 0 Å². The van der Waals surface area contributed by atoms with Gasteiger partial charge in [-0.25, -0.2) is 4.98 Å². The molecule has 0 bridgehead atoms. The molecule has 11 heteroatoms. The van der Waals surface area contributed by atoms with Gasteiger partial charge in [0.15, 0.2) is 5.01 Å². The van der Waals surface area contributed by atoms with Crippen molar-refractivity contribution in [2.75, 3.05) is 19.6 Å². The topological polar surface area (TPSA) is 129 Å². The van der Waals surface area contributed by atoms with Gasteiger partial charge in [0, 0.05) is 38.0 Å². The number of carbonyl (C=O) groups excluding carboxylic acids is 5. The first kappa shape index (κ1) is 27.5. The summed E-state index contributed by atoms with van der Waals surface area (Å²) in [7, 11) is 0. The molecule has 0 spiro atoms. The quantitative estimate of drug-likeness (QED) is 0.454. The Morgan fingerprint density at radius 3 is 2.62 bits per heavy atom. The first-order valence-electron chi connectivity index (χ1n) is 15.2. The lowest BCUT2D eigenvalue weighted by Crippen LogP contribution is -2.55. The second kappa shape index (κ2) is 10.1. The standard InChI is InChI=1S/C31H37N5O5S/c1-31(2)19-15-36(30(41)17-13-23(37)35(14-17)18-6-5-7-18)25(24(19)31)28(40)33-21(12-16-10-11-32-27(16)39)26(38)29-34-20-8-3-4-9-22(20)42-29/h3-4,8-9,16-19,21,24-25H,5-7,10-15H2,1-2H3,(H,32,39)(H,33,40)/t16-,17+,19-,21-,24-,25-/m0/s1. The summed E-state index contributed by atoms with van der Waals surface area (Å²) < 4.78 is 0.877. The van der Waals surface area contributed by atoms with Crippen molar-refractivity contribution >= 4 is 51.0 Å². The molecular formula is C31H37N5O5S. The maximum absolute atomic E-state index is 14.1. The zero-order valence-electron chi connectivity index (χ0n) is 24.0. The Morgan fingerprint density at radius 2 is 1.93 bits per heavy atom. The van der Waals surface area contributed by atoms with Gasteiger partial charge >= 0.3 is 0 Å². The molecule has 42 heavy (non-hydrogen) atoms. The number of para-hydroxylation sites is 1. The molecule has 5 aliphatic rings. The summed E-state index contributed by atoms with van der Waals surface area (Å²) in [6.07, 6.45) is 4.05. The molecule has 5 fully saturated rings. The molecule has 4 heterocycles. The van der Waals surface area contributed by atoms with Crippen LogP contribution in [-0.2, 0) is 19.2 Å². The van der Waals surface area contributed by atoms with E-state index in [4.69, 9.17) is 0 Å². The number of Topliss-reactive ketones (excluding diaryl/α,β-unsaturated/α-hetero) is 1. The van der Waals surface area contributed by atoms with E-state index >= 15 is 0 Å². The fraction of sp³-hybridized carbons (Fsp3) is 0.613. The Kier molecular flexibility index (Phi) is 6.64. The van der Waals surface area contributed by atoms with E-state index < -0.39 is 18.0 Å². The highest BCUT2D eigenvalue weighted by molar-refractivity contribution is 7.20. The monoisotopic (exact) mass is 591 g/mol. The minimum absolute atomic E-state index is 0.0192. The van der Waals surface area contributed by atoms with Gasteiger partial charge in [-0.05, 0) is 61.5 Å². The van der Waals surface area contributed by atoms with Crippen LogP contribution in [0.1, 0.15) is 62.2 Å². The summed E-state index contributed by atoms with van der Waals surface area (Å²) in [5, 5.41) is 6.12. The number of amides is 4. The minimum atomic E-state index is -0.938. The van der Waals surface area contributed by atoms with Crippen molar-refractivity contribution in [2.45, 2.75) is 70.5 Å². The number of rotatable bonds is 8. The van der Waals surface area contributed by atoms with Crippen LogP contribution in [0.15, 0.2) is 24.3 Å². The van der Waals surface area contributed by atoms with Crippen LogP contribution in [0.4, 0.5) is 0 Å². The molecule has 6 atom stereocenters. The number of fused-ring (bicyclic) bond motifs is 2. The molecule has 1 aromatic heterocycles. The fourth-order valence-corrected chi connectivity index (χ4v) is 8.73. The van der Waals surface area contributed by atoms with E-state index in [0.717, 1.165) is 24.0 Å². The lowest BCUT2D eigenvalue weighted by atomic mass is 9.92. The van der Waals surface area contributed by atoms with Gasteiger partial charge in [0.1, 0.15) is 6.04 Å². The highest BCUT2D eigenvalue weighted by Crippen LogP contribution is 2.65. The molecule has 2 aromatic rings. The number of hydrogen-bond acceptors (Lipinski definition) is 7. The van der Waals surface area contributed by atoms with Gasteiger partial charge in [-0.2, -0.15) is 0 Å². The lowest BCUT2D eigenvalue weighted by molar-refractivity contribution is -0.143. The smallest absolute Gasteiger partial charge is 0.243 e. The maximum atomic E-state index is 14.1. The fourth-order valence-electron chi connectivity index (χ4n) is 7.77. The summed E-state index contributed by atoms with van der Waals surface area (Å²) in [6, 6.07) is 6.08. The van der Waals surface area contributed by atoms with E-state index in [-0.39, 0.29) is 71.5 Å². The average molecular weight is 592 g/mol. The second-order valence-corrected chi connectivity index (χ2v) is 14.4. The van der Waals surface area contributed by atoms with Crippen LogP contribution in [-0.4, -0.2) is 82.0 Å². The zero-order valence-corrected chi connectivity index (χ0v) is 24.8. The van der Waals surface area contributed by atoms with Crippen molar-refractivity contribution in [1.82, 2.24) is 25.4 Å². The second-order valence-electron chi connectivity index (χ2n) is 13.3. The molecule has 0 unspecified atom stereocenters. The Bertz CT molecular complexity index is 1450. The summed E-state index contributed by atoms with van der Waals surface area (Å²) >= 11 is 1.28. The van der Waals surface area contributed by atoms with Crippen LogP contribution < -0.4 is 10.6 Å². The predicted octanol–water partition coefficient (Wildman–Crippen LogP) is 2.37. The van der Waals surface area contributed by atoms with Crippen LogP contribution in [0.3, 0.4) is 0 Å². The number of nitrogens with one attached hydrogen (secondary N) is 2. The highest BCUT2D eigenvalue weighted by Gasteiger charge is 2.69. The molecule has 222 valence electrons. The molecule has 3 saturated heterocycles. The van der Waals surface area contributed by atoms with E-state index in [1.807, 2.05) is 29.2 Å². The third-order valence-corrected chi connectivity index (χ3v) is 11.7. The van der Waals surface area contributed by atoms with Gasteiger partial charge in [-0.3, -0.25) is 24.0 Å². The summed E-state index contributed by atoms with van der Waals surface area (Å²) in [6.45, 7) is 5.68. The van der Waals surface area contributed by atoms with Crippen LogP contribution in [0, 0.1) is 29.1 Å². The number of benzene rings is 1. The maximum Gasteiger partial charge on any atom is 0.243 e. The van der Waals surface area contributed by atoms with Gasteiger partial charge in [-0.1, -0.05) is 26.0 Å². The molecule has 2 aliphatic carbocycles. The number of thiazole rings is 1. The lowest BCUT2D eigenvalue weighted by Gasteiger charge is -2.35. The SMILES string of the molecule is CC1(C)[C@@H]2[C@@H](C(=O)N[C@@H](C[C@@H]3CCNC3=O)C(=O)c3nc4ccccc4s3)N(C(=O)[C@@H]3CC(=O)N(C4CCC4)C3)C[C@@H]21. The summed E-state index contributed by atoms with van der Waals surface area (Å²) in [5.41, 5.74) is 0.617. The number of hydrogen-bond donors (Lipinski definition) is 2. The van der Waals surface area contributed by atoms with Gasteiger partial charge < -0.3 is 20.4 Å². The van der Waals surface area contributed by atoms with Crippen LogP contribution in [0.2, 0.25) is 0 Å². The molecular weight excluding hydrogens is 554 g/mol. The Morgan fingerprint density at radius 1 is 1.14 bits per heavy atom. The molecule has 2 N–H and O–H groups in total. The molecule has 0 radical (unpaired) electrons. The van der Waals surface area contributed by atoms with E-state index in [1.165, 1.54) is 11.3 Å². The largest absolute Gasteiger partial charge is 0.356 e. The van der Waals surface area contributed by atoms with Gasteiger partial charge in [0.25, 0.3) is 0 Å². The molecule has 3 aliphatic heterocycles. The molecule has 7 rings (SSSR count). The van der Waals surface area contributed by atoms with Gasteiger partial charge in [0.05, 0.1) is 22.2 Å². The van der Waals surface area contributed by atoms with E-state index in [0.29, 0.717) is 36.6 Å². The van der Waals surface area contributed by atoms with Crippen molar-refractivity contribution in [1.29, 1.82) is 0 Å². The van der Waals surface area contributed by atoms with E-state index in [9.17, 15) is 24.0 Å². The number of ketones is 1. The van der Waals surface area contributed by atoms with Crippen LogP contribution in [0.25, 0.3) is 10.2 Å². The van der Waals surface area contributed by atoms with Crippen LogP contribution >= 0.6 is 11.3 Å². The normalized spacial score (nSPS) is 30.7. The molecule has 2 saturated carbocycles. The zero-order chi connectivity index (χ0) is 29.3. The predicted molar refractivity (Wildman–Crippen MR) is 155 cm³/mol. The summed E-state index contributed by atoms with van der Waals surface area (Å²) in [5.74, 6) is -1.57. The summed E-state index contributed by atoms with van der Waals surface area (Å²) in [4.78, 5) is 75.1. The van der Waals surface area contributed by atoms with E-state index in [1.54, 1.807) is 4.90 Å². The van der Waals surface area contributed by atoms with Crippen molar-refractivity contribution in [3.05, 3.63) is 29.3 Å². The highest BCUT2D eigenvalue weighted by atomic mass is 32.1. The van der Waals surface area contributed by atoms with Crippen molar-refractivity contribution < 1.29 is 24.0 Å².